The lowest BCUT2D eigenvalue weighted by molar-refractivity contribution is -0.149. The van der Waals surface area contributed by atoms with Crippen molar-refractivity contribution in [3.8, 4) is 5.75 Å². The summed E-state index contributed by atoms with van der Waals surface area (Å²) in [5, 5.41) is 3.29. The van der Waals surface area contributed by atoms with Crippen LogP contribution in [0.1, 0.15) is 48.0 Å². The van der Waals surface area contributed by atoms with E-state index in [9.17, 15) is 9.59 Å². The Morgan fingerprint density at radius 2 is 1.78 bits per heavy atom. The van der Waals surface area contributed by atoms with Crippen molar-refractivity contribution in [2.24, 2.45) is 0 Å². The standard InChI is InChI=1S/C19H27Cl2NO5/c1-12(25-16(23)11-22-17(24)27-18(2,3)4)10-19(5,6)26-15-8-7-13(20)9-14(15)21/h7-9,12H,10-11H2,1-6H3,(H,22,24). The largest absolute Gasteiger partial charge is 0.486 e. The van der Waals surface area contributed by atoms with Gasteiger partial charge in [0.15, 0.2) is 0 Å². The molecule has 0 bridgehead atoms. The van der Waals surface area contributed by atoms with E-state index in [0.717, 1.165) is 0 Å². The summed E-state index contributed by atoms with van der Waals surface area (Å²) in [5.74, 6) is -0.0649. The van der Waals surface area contributed by atoms with Gasteiger partial charge in [-0.05, 0) is 59.7 Å². The summed E-state index contributed by atoms with van der Waals surface area (Å²) in [7, 11) is 0. The van der Waals surface area contributed by atoms with E-state index in [2.05, 4.69) is 5.32 Å². The minimum atomic E-state index is -0.673. The molecule has 152 valence electrons. The normalized spacial score (nSPS) is 12.9. The third-order valence-electron chi connectivity index (χ3n) is 3.17. The van der Waals surface area contributed by atoms with Gasteiger partial charge in [-0.1, -0.05) is 23.2 Å². The number of rotatable bonds is 7. The Labute approximate surface area is 170 Å². The Bertz CT molecular complexity index is 671. The first-order valence-corrected chi connectivity index (χ1v) is 9.33. The Balaban J connectivity index is 2.48. The maximum Gasteiger partial charge on any atom is 0.408 e. The number of nitrogens with one attached hydrogen (secondary N) is 1. The molecular weight excluding hydrogens is 393 g/mol. The number of carbonyl (C=O) groups excluding carboxylic acids is 2. The first-order chi connectivity index (χ1) is 12.3. The maximum absolute atomic E-state index is 11.9. The highest BCUT2D eigenvalue weighted by molar-refractivity contribution is 6.35. The summed E-state index contributed by atoms with van der Waals surface area (Å²) in [5.41, 5.74) is -1.28. The molecule has 0 aliphatic carbocycles. The van der Waals surface area contributed by atoms with Crippen LogP contribution in [0.4, 0.5) is 4.79 Å². The number of ether oxygens (including phenoxy) is 3. The summed E-state index contributed by atoms with van der Waals surface area (Å²) < 4.78 is 16.3. The molecule has 0 saturated carbocycles. The van der Waals surface area contributed by atoms with E-state index >= 15 is 0 Å². The lowest BCUT2D eigenvalue weighted by Gasteiger charge is -2.29. The van der Waals surface area contributed by atoms with Crippen LogP contribution in [-0.2, 0) is 14.3 Å². The molecule has 0 spiro atoms. The molecule has 1 rings (SSSR count). The molecule has 0 radical (unpaired) electrons. The molecule has 1 amide bonds. The number of halogens is 2. The van der Waals surface area contributed by atoms with Crippen LogP contribution in [0.2, 0.25) is 10.0 Å². The summed E-state index contributed by atoms with van der Waals surface area (Å²) >= 11 is 12.0. The van der Waals surface area contributed by atoms with Gasteiger partial charge in [0, 0.05) is 11.4 Å². The number of hydrogen-bond donors (Lipinski definition) is 1. The fourth-order valence-corrected chi connectivity index (χ4v) is 2.80. The monoisotopic (exact) mass is 419 g/mol. The molecule has 0 heterocycles. The smallest absolute Gasteiger partial charge is 0.408 e. The van der Waals surface area contributed by atoms with Crippen molar-refractivity contribution in [2.75, 3.05) is 6.54 Å². The molecule has 0 saturated heterocycles. The van der Waals surface area contributed by atoms with Crippen molar-refractivity contribution < 1.29 is 23.8 Å². The minimum Gasteiger partial charge on any atom is -0.486 e. The summed E-state index contributed by atoms with van der Waals surface area (Å²) in [6.07, 6.45) is -0.684. The second kappa shape index (κ2) is 9.51. The number of carbonyl (C=O) groups is 2. The third-order valence-corrected chi connectivity index (χ3v) is 3.70. The zero-order valence-corrected chi connectivity index (χ0v) is 18.0. The van der Waals surface area contributed by atoms with Gasteiger partial charge in [0.2, 0.25) is 0 Å². The van der Waals surface area contributed by atoms with E-state index in [1.54, 1.807) is 45.9 Å². The van der Waals surface area contributed by atoms with Gasteiger partial charge in [0.05, 0.1) is 5.02 Å². The zero-order chi connectivity index (χ0) is 20.8. The molecule has 1 N–H and O–H groups in total. The maximum atomic E-state index is 11.9. The SMILES string of the molecule is CC(CC(C)(C)Oc1ccc(Cl)cc1Cl)OC(=O)CNC(=O)OC(C)(C)C. The molecule has 0 fully saturated rings. The minimum absolute atomic E-state index is 0.274. The fourth-order valence-electron chi connectivity index (χ4n) is 2.36. The van der Waals surface area contributed by atoms with Crippen LogP contribution >= 0.6 is 23.2 Å². The topological polar surface area (TPSA) is 73.9 Å². The number of alkyl carbamates (subject to hydrolysis) is 1. The summed E-state index contributed by atoms with van der Waals surface area (Å²) in [6.45, 7) is 10.4. The number of esters is 1. The van der Waals surface area contributed by atoms with Gasteiger partial charge in [-0.3, -0.25) is 4.79 Å². The van der Waals surface area contributed by atoms with Crippen molar-refractivity contribution >= 4 is 35.3 Å². The van der Waals surface area contributed by atoms with Crippen molar-refractivity contribution in [1.29, 1.82) is 0 Å². The van der Waals surface area contributed by atoms with Crippen LogP contribution in [0, 0.1) is 0 Å². The molecule has 1 aromatic rings. The van der Waals surface area contributed by atoms with Crippen molar-refractivity contribution in [3.05, 3.63) is 28.2 Å². The second-order valence-corrected chi connectivity index (χ2v) is 8.64. The van der Waals surface area contributed by atoms with E-state index in [0.29, 0.717) is 22.2 Å². The summed E-state index contributed by atoms with van der Waals surface area (Å²) in [4.78, 5) is 23.4. The molecule has 0 aromatic heterocycles. The molecule has 1 atom stereocenters. The van der Waals surface area contributed by atoms with Crippen LogP contribution in [-0.4, -0.2) is 35.9 Å². The first kappa shape index (κ1) is 23.4. The molecule has 6 nitrogen and oxygen atoms in total. The van der Waals surface area contributed by atoms with Gasteiger partial charge < -0.3 is 19.5 Å². The molecule has 8 heteroatoms. The Hall–Kier alpha value is -1.66. The predicted octanol–water partition coefficient (Wildman–Crippen LogP) is 5.00. The summed E-state index contributed by atoms with van der Waals surface area (Å²) in [6, 6.07) is 4.97. The van der Waals surface area contributed by atoms with Gasteiger partial charge in [-0.15, -0.1) is 0 Å². The lowest BCUT2D eigenvalue weighted by Crippen LogP contribution is -2.38. The molecular formula is C19H27Cl2NO5. The Morgan fingerprint density at radius 3 is 2.33 bits per heavy atom. The first-order valence-electron chi connectivity index (χ1n) is 8.58. The van der Waals surface area contributed by atoms with Gasteiger partial charge in [0.1, 0.15) is 29.6 Å². The molecule has 0 aliphatic heterocycles. The van der Waals surface area contributed by atoms with Crippen molar-refractivity contribution in [2.45, 2.75) is 65.3 Å². The molecule has 1 unspecified atom stereocenters. The van der Waals surface area contributed by atoms with Gasteiger partial charge in [0.25, 0.3) is 0 Å². The fraction of sp³-hybridized carbons (Fsp3) is 0.579. The number of benzene rings is 1. The van der Waals surface area contributed by atoms with Gasteiger partial charge in [-0.2, -0.15) is 0 Å². The van der Waals surface area contributed by atoms with E-state index in [1.807, 2.05) is 13.8 Å². The van der Waals surface area contributed by atoms with E-state index in [-0.39, 0.29) is 6.54 Å². The van der Waals surface area contributed by atoms with Gasteiger partial charge >= 0.3 is 12.1 Å². The van der Waals surface area contributed by atoms with Gasteiger partial charge in [-0.25, -0.2) is 4.79 Å². The number of hydrogen-bond acceptors (Lipinski definition) is 5. The third kappa shape index (κ3) is 9.73. The highest BCUT2D eigenvalue weighted by Gasteiger charge is 2.26. The van der Waals surface area contributed by atoms with E-state index in [1.165, 1.54) is 0 Å². The number of amides is 1. The van der Waals surface area contributed by atoms with E-state index in [4.69, 9.17) is 37.4 Å². The average Bonchev–Trinajstić information content (AvgIpc) is 2.45. The Morgan fingerprint density at radius 1 is 1.15 bits per heavy atom. The van der Waals surface area contributed by atoms with Crippen LogP contribution in [0.5, 0.6) is 5.75 Å². The highest BCUT2D eigenvalue weighted by atomic mass is 35.5. The highest BCUT2D eigenvalue weighted by Crippen LogP contribution is 2.32. The second-order valence-electron chi connectivity index (χ2n) is 7.80. The van der Waals surface area contributed by atoms with Crippen LogP contribution in [0.15, 0.2) is 18.2 Å². The van der Waals surface area contributed by atoms with Crippen LogP contribution in [0.25, 0.3) is 0 Å². The molecule has 0 aliphatic rings. The predicted molar refractivity (Wildman–Crippen MR) is 106 cm³/mol. The quantitative estimate of drug-likeness (QED) is 0.629. The van der Waals surface area contributed by atoms with Crippen LogP contribution < -0.4 is 10.1 Å². The average molecular weight is 420 g/mol. The lowest BCUT2D eigenvalue weighted by atomic mass is 10.0. The Kier molecular flexibility index (Phi) is 8.23. The zero-order valence-electron chi connectivity index (χ0n) is 16.5. The van der Waals surface area contributed by atoms with Crippen LogP contribution in [0.3, 0.4) is 0 Å². The van der Waals surface area contributed by atoms with Crippen molar-refractivity contribution in [3.63, 3.8) is 0 Å². The molecule has 1 aromatic carbocycles. The van der Waals surface area contributed by atoms with E-state index < -0.39 is 29.4 Å². The van der Waals surface area contributed by atoms with Crippen molar-refractivity contribution in [1.82, 2.24) is 5.32 Å². The molecule has 27 heavy (non-hydrogen) atoms.